The molecule has 0 saturated heterocycles. The maximum absolute atomic E-state index is 9.21. The summed E-state index contributed by atoms with van der Waals surface area (Å²) in [5.74, 6) is 0. The number of likely N-dealkylation sites (N-methyl/N-ethyl adjacent to an activating group) is 1. The summed E-state index contributed by atoms with van der Waals surface area (Å²) in [5.41, 5.74) is 1.15. The van der Waals surface area contributed by atoms with Crippen LogP contribution in [0.4, 0.5) is 0 Å². The maximum atomic E-state index is 9.21. The largest absolute Gasteiger partial charge is 0.411 e. The van der Waals surface area contributed by atoms with Crippen LogP contribution in [-0.2, 0) is 6.42 Å². The number of benzene rings is 1. The number of oxime groups is 1. The van der Waals surface area contributed by atoms with E-state index in [1.54, 1.807) is 7.05 Å². The second-order valence-electron chi connectivity index (χ2n) is 4.84. The average Bonchev–Trinajstić information content (AvgIpc) is 2.59. The van der Waals surface area contributed by atoms with Crippen molar-refractivity contribution < 1.29 is 30.7 Å². The van der Waals surface area contributed by atoms with Crippen LogP contribution in [0, 0.1) is 0 Å². The van der Waals surface area contributed by atoms with Crippen molar-refractivity contribution in [1.29, 1.82) is 0 Å². The molecule has 0 aliphatic rings. The van der Waals surface area contributed by atoms with Gasteiger partial charge in [0.05, 0.1) is 12.7 Å². The van der Waals surface area contributed by atoms with Gasteiger partial charge in [-0.05, 0) is 12.6 Å². The molecule has 1 aromatic carbocycles. The van der Waals surface area contributed by atoms with Crippen LogP contribution in [0.5, 0.6) is 0 Å². The standard InChI is InChI=1S/C8H9NO.C7H17NO5/c10-9-7-6-8-4-2-1-3-5-8;1-8-2-4(10)6(12)7(13)5(11)3-9/h1-5,7,10H,6H2;4-13H,2-3H2,1H3/t;4-,5+,6+,7+/m.0/s1. The van der Waals surface area contributed by atoms with Gasteiger partial charge in [-0.15, -0.1) is 5.16 Å². The van der Waals surface area contributed by atoms with E-state index >= 15 is 0 Å². The lowest BCUT2D eigenvalue weighted by molar-refractivity contribution is -0.113. The van der Waals surface area contributed by atoms with Gasteiger partial charge in [0.1, 0.15) is 18.3 Å². The van der Waals surface area contributed by atoms with Crippen LogP contribution >= 0.6 is 0 Å². The molecule has 132 valence electrons. The second kappa shape index (κ2) is 12.9. The van der Waals surface area contributed by atoms with Crippen LogP contribution in [0.2, 0.25) is 0 Å². The molecule has 0 aliphatic carbocycles. The topological polar surface area (TPSA) is 146 Å². The van der Waals surface area contributed by atoms with E-state index in [-0.39, 0.29) is 6.54 Å². The highest BCUT2D eigenvalue weighted by atomic mass is 16.4. The highest BCUT2D eigenvalue weighted by Gasteiger charge is 2.29. The number of aliphatic hydroxyl groups is 5. The normalized spacial score (nSPS) is 16.3. The Bertz CT molecular complexity index is 418. The number of nitrogens with zero attached hydrogens (tertiary/aromatic N) is 1. The van der Waals surface area contributed by atoms with E-state index in [0.717, 1.165) is 5.56 Å². The van der Waals surface area contributed by atoms with Gasteiger partial charge in [-0.25, -0.2) is 0 Å². The predicted molar refractivity (Wildman–Crippen MR) is 85.5 cm³/mol. The minimum absolute atomic E-state index is 0.0936. The van der Waals surface area contributed by atoms with Crippen molar-refractivity contribution in [3.05, 3.63) is 35.9 Å². The molecular weight excluding hydrogens is 304 g/mol. The van der Waals surface area contributed by atoms with Crippen LogP contribution in [0.25, 0.3) is 0 Å². The zero-order valence-corrected chi connectivity index (χ0v) is 13.0. The molecule has 1 aromatic rings. The summed E-state index contributed by atoms with van der Waals surface area (Å²) in [4.78, 5) is 0. The Morgan fingerprint density at radius 3 is 2.09 bits per heavy atom. The first-order valence-electron chi connectivity index (χ1n) is 7.15. The number of hydrogen-bond acceptors (Lipinski definition) is 8. The summed E-state index contributed by atoms with van der Waals surface area (Å²) in [5, 5.41) is 58.5. The quantitative estimate of drug-likeness (QED) is 0.171. The minimum atomic E-state index is -1.55. The summed E-state index contributed by atoms with van der Waals surface area (Å²) in [6, 6.07) is 9.85. The monoisotopic (exact) mass is 330 g/mol. The van der Waals surface area contributed by atoms with Crippen molar-refractivity contribution in [3.8, 4) is 0 Å². The Morgan fingerprint density at radius 1 is 1.04 bits per heavy atom. The first kappa shape index (κ1) is 21.4. The summed E-state index contributed by atoms with van der Waals surface area (Å²) < 4.78 is 0. The van der Waals surface area contributed by atoms with Gasteiger partial charge < -0.3 is 36.1 Å². The van der Waals surface area contributed by atoms with Crippen molar-refractivity contribution in [2.24, 2.45) is 5.16 Å². The van der Waals surface area contributed by atoms with Gasteiger partial charge in [0.2, 0.25) is 0 Å². The second-order valence-corrected chi connectivity index (χ2v) is 4.84. The lowest BCUT2D eigenvalue weighted by Crippen LogP contribution is -2.48. The summed E-state index contributed by atoms with van der Waals surface area (Å²) in [7, 11) is 1.57. The Kier molecular flexibility index (Phi) is 12.1. The van der Waals surface area contributed by atoms with E-state index < -0.39 is 31.0 Å². The van der Waals surface area contributed by atoms with E-state index in [1.165, 1.54) is 6.21 Å². The predicted octanol–water partition coefficient (Wildman–Crippen LogP) is -1.67. The van der Waals surface area contributed by atoms with Crippen molar-refractivity contribution in [2.45, 2.75) is 30.8 Å². The van der Waals surface area contributed by atoms with Crippen molar-refractivity contribution in [2.75, 3.05) is 20.2 Å². The van der Waals surface area contributed by atoms with Crippen LogP contribution in [0.1, 0.15) is 5.56 Å². The lowest BCUT2D eigenvalue weighted by atomic mass is 10.0. The first-order valence-corrected chi connectivity index (χ1v) is 7.15. The van der Waals surface area contributed by atoms with E-state index in [9.17, 15) is 5.11 Å². The van der Waals surface area contributed by atoms with E-state index in [1.807, 2.05) is 30.3 Å². The zero-order chi connectivity index (χ0) is 17.7. The maximum Gasteiger partial charge on any atom is 0.111 e. The SMILES string of the molecule is CNC[C@H](O)[C@@H](O)[C@H](O)[C@H](O)CO.ON=CCc1ccccc1. The molecule has 8 nitrogen and oxygen atoms in total. The van der Waals surface area contributed by atoms with Gasteiger partial charge >= 0.3 is 0 Å². The third-order valence-electron chi connectivity index (χ3n) is 2.99. The molecule has 8 heteroatoms. The van der Waals surface area contributed by atoms with Crippen LogP contribution in [-0.4, -0.2) is 81.6 Å². The van der Waals surface area contributed by atoms with E-state index in [2.05, 4.69) is 10.5 Å². The van der Waals surface area contributed by atoms with Gasteiger partial charge in [-0.1, -0.05) is 30.3 Å². The molecule has 23 heavy (non-hydrogen) atoms. The van der Waals surface area contributed by atoms with Gasteiger partial charge in [-0.2, -0.15) is 0 Å². The van der Waals surface area contributed by atoms with Crippen molar-refractivity contribution >= 4 is 6.21 Å². The Balaban J connectivity index is 0.000000433. The zero-order valence-electron chi connectivity index (χ0n) is 13.0. The summed E-state index contributed by atoms with van der Waals surface area (Å²) in [6.45, 7) is -0.569. The summed E-state index contributed by atoms with van der Waals surface area (Å²) >= 11 is 0. The molecule has 0 aliphatic heterocycles. The van der Waals surface area contributed by atoms with Gasteiger partial charge in [0.25, 0.3) is 0 Å². The molecule has 0 radical (unpaired) electrons. The molecule has 1 rings (SSSR count). The molecule has 0 saturated carbocycles. The highest BCUT2D eigenvalue weighted by molar-refractivity contribution is 5.60. The highest BCUT2D eigenvalue weighted by Crippen LogP contribution is 2.04. The van der Waals surface area contributed by atoms with Crippen molar-refractivity contribution in [3.63, 3.8) is 0 Å². The molecule has 0 spiro atoms. The molecule has 0 aromatic heterocycles. The number of nitrogens with one attached hydrogen (secondary N) is 1. The molecular formula is C15H26N2O6. The minimum Gasteiger partial charge on any atom is -0.411 e. The van der Waals surface area contributed by atoms with Gasteiger partial charge in [-0.3, -0.25) is 0 Å². The number of hydrogen-bond donors (Lipinski definition) is 7. The van der Waals surface area contributed by atoms with Crippen LogP contribution in [0.15, 0.2) is 35.5 Å². The number of aliphatic hydroxyl groups excluding tert-OH is 5. The van der Waals surface area contributed by atoms with Crippen molar-refractivity contribution in [1.82, 2.24) is 5.32 Å². The first-order chi connectivity index (χ1) is 11.0. The Labute approximate surface area is 135 Å². The molecule has 0 heterocycles. The fraction of sp³-hybridized carbons (Fsp3) is 0.533. The average molecular weight is 330 g/mol. The smallest absolute Gasteiger partial charge is 0.111 e. The molecule has 0 bridgehead atoms. The van der Waals surface area contributed by atoms with Gasteiger partial charge in [0, 0.05) is 19.2 Å². The number of rotatable bonds is 8. The summed E-state index contributed by atoms with van der Waals surface area (Å²) in [6.07, 6.45) is -3.49. The molecule has 4 atom stereocenters. The Morgan fingerprint density at radius 2 is 1.61 bits per heavy atom. The Hall–Kier alpha value is -1.55. The molecule has 0 fully saturated rings. The van der Waals surface area contributed by atoms with Gasteiger partial charge in [0.15, 0.2) is 0 Å². The molecule has 0 amide bonds. The lowest BCUT2D eigenvalue weighted by Gasteiger charge is -2.25. The fourth-order valence-corrected chi connectivity index (χ4v) is 1.65. The van der Waals surface area contributed by atoms with Crippen LogP contribution in [0.3, 0.4) is 0 Å². The van der Waals surface area contributed by atoms with E-state index in [4.69, 9.17) is 25.6 Å². The fourth-order valence-electron chi connectivity index (χ4n) is 1.65. The van der Waals surface area contributed by atoms with Crippen LogP contribution < -0.4 is 5.32 Å². The van der Waals surface area contributed by atoms with E-state index in [0.29, 0.717) is 6.42 Å². The molecule has 7 N–H and O–H groups in total. The molecule has 0 unspecified atom stereocenters. The third kappa shape index (κ3) is 9.24. The third-order valence-corrected chi connectivity index (χ3v) is 2.99.